The third kappa shape index (κ3) is 4.75. The second kappa shape index (κ2) is 8.44. The molecule has 2 aliphatic heterocycles. The Kier molecular flexibility index (Phi) is 6.88. The van der Waals surface area contributed by atoms with Crippen molar-refractivity contribution in [3.63, 3.8) is 0 Å². The van der Waals surface area contributed by atoms with Crippen molar-refractivity contribution in [3.8, 4) is 0 Å². The van der Waals surface area contributed by atoms with Crippen molar-refractivity contribution in [1.29, 1.82) is 0 Å². The van der Waals surface area contributed by atoms with Crippen LogP contribution in [0.15, 0.2) is 0 Å². The van der Waals surface area contributed by atoms with Crippen LogP contribution in [0.3, 0.4) is 0 Å². The van der Waals surface area contributed by atoms with E-state index in [1.807, 2.05) is 0 Å². The zero-order valence-corrected chi connectivity index (χ0v) is 12.6. The minimum absolute atomic E-state index is 0.578. The molecule has 2 nitrogen and oxygen atoms in total. The van der Waals surface area contributed by atoms with Crippen molar-refractivity contribution in [2.75, 3.05) is 24.7 Å². The summed E-state index contributed by atoms with van der Waals surface area (Å²) in [5.74, 6) is 3.67. The average Bonchev–Trinajstić information content (AvgIpc) is 3.05. The van der Waals surface area contributed by atoms with Crippen LogP contribution < -0.4 is 5.32 Å². The van der Waals surface area contributed by atoms with Gasteiger partial charge in [-0.05, 0) is 68.9 Å². The van der Waals surface area contributed by atoms with Crippen molar-refractivity contribution >= 4 is 11.8 Å². The fourth-order valence-corrected chi connectivity index (χ4v) is 4.48. The van der Waals surface area contributed by atoms with E-state index >= 15 is 0 Å². The Bertz CT molecular complexity index is 213. The highest BCUT2D eigenvalue weighted by molar-refractivity contribution is 7.99. The molecule has 0 saturated carbocycles. The molecule has 0 aromatic carbocycles. The molecule has 18 heavy (non-hydrogen) atoms. The second-order valence-corrected chi connectivity index (χ2v) is 6.90. The molecule has 2 saturated heterocycles. The quantitative estimate of drug-likeness (QED) is 0.730. The molecular weight excluding hydrogens is 242 g/mol. The lowest BCUT2D eigenvalue weighted by molar-refractivity contribution is 0.100. The van der Waals surface area contributed by atoms with E-state index in [0.29, 0.717) is 6.10 Å². The highest BCUT2D eigenvalue weighted by atomic mass is 32.2. The summed E-state index contributed by atoms with van der Waals surface area (Å²) in [5.41, 5.74) is 0. The predicted molar refractivity (Wildman–Crippen MR) is 80.3 cm³/mol. The summed E-state index contributed by atoms with van der Waals surface area (Å²) in [6.07, 6.45) is 9.81. The molecule has 2 heterocycles. The molecule has 0 spiro atoms. The maximum atomic E-state index is 5.72. The fraction of sp³-hybridized carbons (Fsp3) is 1.00. The molecule has 0 bridgehead atoms. The van der Waals surface area contributed by atoms with Gasteiger partial charge in [-0.25, -0.2) is 0 Å². The van der Waals surface area contributed by atoms with E-state index in [1.54, 1.807) is 0 Å². The van der Waals surface area contributed by atoms with Gasteiger partial charge in [-0.15, -0.1) is 0 Å². The Hall–Kier alpha value is 0.270. The second-order valence-electron chi connectivity index (χ2n) is 5.75. The molecule has 1 N–H and O–H groups in total. The zero-order valence-electron chi connectivity index (χ0n) is 11.8. The van der Waals surface area contributed by atoms with Crippen molar-refractivity contribution in [1.82, 2.24) is 5.32 Å². The number of rotatable bonds is 8. The maximum absolute atomic E-state index is 5.72. The molecule has 0 aromatic heterocycles. The molecule has 3 unspecified atom stereocenters. The van der Waals surface area contributed by atoms with Crippen LogP contribution in [0.25, 0.3) is 0 Å². The van der Waals surface area contributed by atoms with Crippen LogP contribution in [-0.2, 0) is 4.74 Å². The summed E-state index contributed by atoms with van der Waals surface area (Å²) in [4.78, 5) is 0. The molecule has 3 atom stereocenters. The Labute approximate surface area is 117 Å². The Morgan fingerprint density at radius 1 is 1.39 bits per heavy atom. The minimum Gasteiger partial charge on any atom is -0.378 e. The molecule has 0 amide bonds. The monoisotopic (exact) mass is 271 g/mol. The fourth-order valence-electron chi connectivity index (χ4n) is 3.14. The van der Waals surface area contributed by atoms with Gasteiger partial charge in [0, 0.05) is 12.6 Å². The molecule has 0 aliphatic carbocycles. The molecule has 0 aromatic rings. The van der Waals surface area contributed by atoms with Gasteiger partial charge in [-0.2, -0.15) is 11.8 Å². The third-order valence-corrected chi connectivity index (χ3v) is 5.44. The third-order valence-electron chi connectivity index (χ3n) is 4.26. The molecule has 2 rings (SSSR count). The standard InChI is InChI=1S/C15H29NOS/c1-2-9-16-15(13-8-11-18-12-13)7-3-5-14-6-4-10-17-14/h13-16H,2-12H2,1H3. The normalized spacial score (nSPS) is 29.8. The maximum Gasteiger partial charge on any atom is 0.0576 e. The summed E-state index contributed by atoms with van der Waals surface area (Å²) in [7, 11) is 0. The van der Waals surface area contributed by atoms with Gasteiger partial charge in [-0.1, -0.05) is 6.92 Å². The number of thioether (sulfide) groups is 1. The van der Waals surface area contributed by atoms with E-state index in [0.717, 1.165) is 18.6 Å². The predicted octanol–water partition coefficient (Wildman–Crippen LogP) is 3.46. The molecule has 106 valence electrons. The van der Waals surface area contributed by atoms with Gasteiger partial charge in [0.25, 0.3) is 0 Å². The lowest BCUT2D eigenvalue weighted by atomic mass is 9.93. The highest BCUT2D eigenvalue weighted by Gasteiger charge is 2.25. The van der Waals surface area contributed by atoms with Gasteiger partial charge in [0.2, 0.25) is 0 Å². The molecule has 2 fully saturated rings. The van der Waals surface area contributed by atoms with Crippen LogP contribution in [0.4, 0.5) is 0 Å². The molecule has 2 aliphatic rings. The minimum atomic E-state index is 0.578. The van der Waals surface area contributed by atoms with E-state index < -0.39 is 0 Å². The largest absolute Gasteiger partial charge is 0.378 e. The van der Waals surface area contributed by atoms with E-state index in [4.69, 9.17) is 4.74 Å². The van der Waals surface area contributed by atoms with Crippen LogP contribution in [0.2, 0.25) is 0 Å². The first-order chi connectivity index (χ1) is 8.90. The van der Waals surface area contributed by atoms with Crippen molar-refractivity contribution in [2.45, 2.75) is 64.0 Å². The van der Waals surface area contributed by atoms with E-state index in [9.17, 15) is 0 Å². The first-order valence-electron chi connectivity index (χ1n) is 7.83. The van der Waals surface area contributed by atoms with Gasteiger partial charge < -0.3 is 10.1 Å². The van der Waals surface area contributed by atoms with Crippen LogP contribution in [0.5, 0.6) is 0 Å². The number of ether oxygens (including phenoxy) is 1. The van der Waals surface area contributed by atoms with Gasteiger partial charge in [-0.3, -0.25) is 0 Å². The van der Waals surface area contributed by atoms with E-state index in [-0.39, 0.29) is 0 Å². The van der Waals surface area contributed by atoms with Crippen molar-refractivity contribution in [2.24, 2.45) is 5.92 Å². The summed E-state index contributed by atoms with van der Waals surface area (Å²) in [6.45, 7) is 4.45. The van der Waals surface area contributed by atoms with Crippen molar-refractivity contribution < 1.29 is 4.74 Å². The first-order valence-corrected chi connectivity index (χ1v) is 8.98. The zero-order chi connectivity index (χ0) is 12.6. The lowest BCUT2D eigenvalue weighted by Gasteiger charge is -2.24. The SMILES string of the molecule is CCCNC(CCCC1CCCO1)C1CCSC1. The summed E-state index contributed by atoms with van der Waals surface area (Å²) in [6, 6.07) is 0.765. The van der Waals surface area contributed by atoms with E-state index in [1.165, 1.54) is 63.0 Å². The molecule has 3 heteroatoms. The van der Waals surface area contributed by atoms with Gasteiger partial charge in [0.1, 0.15) is 0 Å². The van der Waals surface area contributed by atoms with Crippen LogP contribution in [0.1, 0.15) is 51.9 Å². The first kappa shape index (κ1) is 14.7. The van der Waals surface area contributed by atoms with Crippen LogP contribution in [0, 0.1) is 5.92 Å². The van der Waals surface area contributed by atoms with Gasteiger partial charge in [0.05, 0.1) is 6.10 Å². The Morgan fingerprint density at radius 2 is 2.33 bits per heavy atom. The van der Waals surface area contributed by atoms with Crippen molar-refractivity contribution in [3.05, 3.63) is 0 Å². The van der Waals surface area contributed by atoms with Crippen LogP contribution >= 0.6 is 11.8 Å². The molecule has 0 radical (unpaired) electrons. The topological polar surface area (TPSA) is 21.3 Å². The number of hydrogen-bond donors (Lipinski definition) is 1. The lowest BCUT2D eigenvalue weighted by Crippen LogP contribution is -2.37. The average molecular weight is 271 g/mol. The van der Waals surface area contributed by atoms with Gasteiger partial charge >= 0.3 is 0 Å². The van der Waals surface area contributed by atoms with E-state index in [2.05, 4.69) is 24.0 Å². The smallest absolute Gasteiger partial charge is 0.0576 e. The van der Waals surface area contributed by atoms with Crippen LogP contribution in [-0.4, -0.2) is 36.8 Å². The molecular formula is C15H29NOS. The summed E-state index contributed by atoms with van der Waals surface area (Å²) < 4.78 is 5.72. The summed E-state index contributed by atoms with van der Waals surface area (Å²) >= 11 is 2.14. The number of hydrogen-bond acceptors (Lipinski definition) is 3. The number of nitrogens with one attached hydrogen (secondary N) is 1. The Morgan fingerprint density at radius 3 is 3.00 bits per heavy atom. The van der Waals surface area contributed by atoms with Gasteiger partial charge in [0.15, 0.2) is 0 Å². The highest BCUT2D eigenvalue weighted by Crippen LogP contribution is 2.29. The summed E-state index contributed by atoms with van der Waals surface area (Å²) in [5, 5.41) is 3.78. The Balaban J connectivity index is 1.66.